The zero-order valence-electron chi connectivity index (χ0n) is 13.9. The second-order valence-electron chi connectivity index (χ2n) is 5.82. The van der Waals surface area contributed by atoms with Crippen LogP contribution in [0.1, 0.15) is 17.7 Å². The number of aryl methyl sites for hydroxylation is 1. The van der Waals surface area contributed by atoms with Gasteiger partial charge in [0.1, 0.15) is 0 Å². The maximum Gasteiger partial charge on any atom is 0.298 e. The van der Waals surface area contributed by atoms with Crippen molar-refractivity contribution in [1.29, 1.82) is 5.26 Å². The Morgan fingerprint density at radius 2 is 1.96 bits per heavy atom. The molecule has 3 rings (SSSR count). The number of morpholine rings is 1. The van der Waals surface area contributed by atoms with Crippen molar-refractivity contribution in [2.24, 2.45) is 0 Å². The molecule has 0 atom stereocenters. The normalized spacial score (nSPS) is 14.3. The molecule has 7 heteroatoms. The number of ether oxygens (including phenoxy) is 1. The van der Waals surface area contributed by atoms with E-state index in [4.69, 9.17) is 15.1 Å². The van der Waals surface area contributed by atoms with Crippen LogP contribution in [-0.4, -0.2) is 47.6 Å². The van der Waals surface area contributed by atoms with Crippen molar-refractivity contribution in [3.63, 3.8) is 0 Å². The summed E-state index contributed by atoms with van der Waals surface area (Å²) in [5, 5.41) is 18.0. The van der Waals surface area contributed by atoms with Gasteiger partial charge in [-0.3, -0.25) is 9.36 Å². The molecule has 1 aromatic heterocycles. The van der Waals surface area contributed by atoms with E-state index in [1.807, 2.05) is 4.90 Å². The fraction of sp³-hybridized carbons (Fsp3) is 0.389. The zero-order valence-corrected chi connectivity index (χ0v) is 13.9. The molecule has 1 aliphatic heterocycles. The summed E-state index contributed by atoms with van der Waals surface area (Å²) in [4.78, 5) is 19.4. The SMILES string of the molecule is N#Cc1ccc(-n2cc(CCCO)nc(N3CCOCC3)c2=O)cc1. The van der Waals surface area contributed by atoms with Crippen molar-refractivity contribution < 1.29 is 9.84 Å². The van der Waals surface area contributed by atoms with Gasteiger partial charge in [-0.25, -0.2) is 4.98 Å². The van der Waals surface area contributed by atoms with Crippen LogP contribution in [0.2, 0.25) is 0 Å². The van der Waals surface area contributed by atoms with Crippen LogP contribution in [0.3, 0.4) is 0 Å². The molecular weight excluding hydrogens is 320 g/mol. The summed E-state index contributed by atoms with van der Waals surface area (Å²) in [6, 6.07) is 8.94. The lowest BCUT2D eigenvalue weighted by Crippen LogP contribution is -2.41. The molecule has 0 unspecified atom stereocenters. The van der Waals surface area contributed by atoms with Crippen molar-refractivity contribution >= 4 is 5.82 Å². The van der Waals surface area contributed by atoms with Crippen molar-refractivity contribution in [3.05, 3.63) is 52.1 Å². The average molecular weight is 340 g/mol. The lowest BCUT2D eigenvalue weighted by molar-refractivity contribution is 0.122. The lowest BCUT2D eigenvalue weighted by Gasteiger charge is -2.28. The summed E-state index contributed by atoms with van der Waals surface area (Å²) in [6.07, 6.45) is 2.88. The monoisotopic (exact) mass is 340 g/mol. The number of nitrogens with zero attached hydrogens (tertiary/aromatic N) is 4. The summed E-state index contributed by atoms with van der Waals surface area (Å²) in [7, 11) is 0. The number of anilines is 1. The molecule has 1 fully saturated rings. The van der Waals surface area contributed by atoms with E-state index in [-0.39, 0.29) is 12.2 Å². The third-order valence-electron chi connectivity index (χ3n) is 4.11. The minimum absolute atomic E-state index is 0.0740. The molecule has 7 nitrogen and oxygen atoms in total. The topological polar surface area (TPSA) is 91.4 Å². The third kappa shape index (κ3) is 3.87. The van der Waals surface area contributed by atoms with Crippen molar-refractivity contribution in [3.8, 4) is 11.8 Å². The number of aliphatic hydroxyl groups is 1. The van der Waals surface area contributed by atoms with E-state index in [9.17, 15) is 4.79 Å². The van der Waals surface area contributed by atoms with Crippen LogP contribution in [0, 0.1) is 11.3 Å². The van der Waals surface area contributed by atoms with Crippen LogP contribution in [-0.2, 0) is 11.2 Å². The molecule has 0 saturated carbocycles. The van der Waals surface area contributed by atoms with Gasteiger partial charge in [-0.1, -0.05) is 0 Å². The van der Waals surface area contributed by atoms with Crippen LogP contribution in [0.15, 0.2) is 35.3 Å². The summed E-state index contributed by atoms with van der Waals surface area (Å²) in [5.74, 6) is 0.406. The Bertz CT molecular complexity index is 818. The molecule has 130 valence electrons. The third-order valence-corrected chi connectivity index (χ3v) is 4.11. The fourth-order valence-corrected chi connectivity index (χ4v) is 2.78. The minimum Gasteiger partial charge on any atom is -0.396 e. The van der Waals surface area contributed by atoms with Gasteiger partial charge in [0.05, 0.1) is 30.5 Å². The predicted octanol–water partition coefficient (Wildman–Crippen LogP) is 0.866. The van der Waals surface area contributed by atoms with Gasteiger partial charge < -0.3 is 14.7 Å². The van der Waals surface area contributed by atoms with Gasteiger partial charge in [0.2, 0.25) is 0 Å². The number of rotatable bonds is 5. The predicted molar refractivity (Wildman–Crippen MR) is 93.0 cm³/mol. The Hall–Kier alpha value is -2.69. The quantitative estimate of drug-likeness (QED) is 0.868. The van der Waals surface area contributed by atoms with Gasteiger partial charge in [0, 0.05) is 31.6 Å². The standard InChI is InChI=1S/C18H20N4O3/c19-12-14-3-5-16(6-4-14)22-13-15(2-1-9-23)20-17(18(22)24)21-7-10-25-11-8-21/h3-6,13,23H,1-2,7-11H2. The summed E-state index contributed by atoms with van der Waals surface area (Å²) in [6.45, 7) is 2.46. The molecular formula is C18H20N4O3. The highest BCUT2D eigenvalue weighted by Gasteiger charge is 2.19. The molecule has 25 heavy (non-hydrogen) atoms. The number of aromatic nitrogens is 2. The number of benzene rings is 1. The average Bonchev–Trinajstić information content (AvgIpc) is 2.68. The van der Waals surface area contributed by atoms with E-state index in [0.717, 1.165) is 5.69 Å². The maximum atomic E-state index is 13.0. The Labute approximate surface area is 145 Å². The second-order valence-corrected chi connectivity index (χ2v) is 5.82. The summed E-state index contributed by atoms with van der Waals surface area (Å²) < 4.78 is 6.92. The van der Waals surface area contributed by atoms with E-state index in [0.29, 0.717) is 56.2 Å². The lowest BCUT2D eigenvalue weighted by atomic mass is 10.2. The molecule has 1 saturated heterocycles. The van der Waals surface area contributed by atoms with Crippen molar-refractivity contribution in [2.75, 3.05) is 37.8 Å². The maximum absolute atomic E-state index is 13.0. The number of aliphatic hydroxyl groups excluding tert-OH is 1. The largest absolute Gasteiger partial charge is 0.396 e. The van der Waals surface area contributed by atoms with Crippen LogP contribution < -0.4 is 10.5 Å². The molecule has 0 aliphatic carbocycles. The molecule has 0 spiro atoms. The van der Waals surface area contributed by atoms with Gasteiger partial charge in [-0.2, -0.15) is 5.26 Å². The highest BCUT2D eigenvalue weighted by molar-refractivity contribution is 5.44. The second kappa shape index (κ2) is 7.92. The fourth-order valence-electron chi connectivity index (χ4n) is 2.78. The Balaban J connectivity index is 2.05. The number of hydrogen-bond donors (Lipinski definition) is 1. The van der Waals surface area contributed by atoms with E-state index in [1.54, 1.807) is 35.0 Å². The Morgan fingerprint density at radius 1 is 1.24 bits per heavy atom. The summed E-state index contributed by atoms with van der Waals surface area (Å²) in [5.41, 5.74) is 1.78. The van der Waals surface area contributed by atoms with Gasteiger partial charge in [0.15, 0.2) is 5.82 Å². The molecule has 0 bridgehead atoms. The molecule has 1 aromatic carbocycles. The first-order valence-electron chi connectivity index (χ1n) is 8.29. The number of hydrogen-bond acceptors (Lipinski definition) is 6. The minimum atomic E-state index is -0.195. The van der Waals surface area contributed by atoms with Gasteiger partial charge >= 0.3 is 0 Å². The molecule has 1 aliphatic rings. The van der Waals surface area contributed by atoms with Gasteiger partial charge in [-0.05, 0) is 37.1 Å². The van der Waals surface area contributed by atoms with Gasteiger partial charge in [-0.15, -0.1) is 0 Å². The molecule has 0 radical (unpaired) electrons. The molecule has 0 amide bonds. The molecule has 2 aromatic rings. The zero-order chi connectivity index (χ0) is 17.6. The van der Waals surface area contributed by atoms with Crippen LogP contribution in [0.4, 0.5) is 5.82 Å². The Kier molecular flexibility index (Phi) is 5.43. The highest BCUT2D eigenvalue weighted by atomic mass is 16.5. The Morgan fingerprint density at radius 3 is 2.60 bits per heavy atom. The summed E-state index contributed by atoms with van der Waals surface area (Å²) >= 11 is 0. The smallest absolute Gasteiger partial charge is 0.298 e. The van der Waals surface area contributed by atoms with Crippen molar-refractivity contribution in [1.82, 2.24) is 9.55 Å². The van der Waals surface area contributed by atoms with Crippen LogP contribution >= 0.6 is 0 Å². The molecule has 1 N–H and O–H groups in total. The van der Waals surface area contributed by atoms with E-state index < -0.39 is 0 Å². The van der Waals surface area contributed by atoms with Crippen molar-refractivity contribution in [2.45, 2.75) is 12.8 Å². The number of nitriles is 1. The first-order chi connectivity index (χ1) is 12.2. The van der Waals surface area contributed by atoms with Gasteiger partial charge in [0.25, 0.3) is 5.56 Å². The highest BCUT2D eigenvalue weighted by Crippen LogP contribution is 2.14. The molecule has 2 heterocycles. The van der Waals surface area contributed by atoms with E-state index in [2.05, 4.69) is 11.1 Å². The van der Waals surface area contributed by atoms with E-state index >= 15 is 0 Å². The van der Waals surface area contributed by atoms with E-state index in [1.165, 1.54) is 0 Å². The van der Waals surface area contributed by atoms with Crippen LogP contribution in [0.5, 0.6) is 0 Å². The first-order valence-corrected chi connectivity index (χ1v) is 8.29. The van der Waals surface area contributed by atoms with Crippen LogP contribution in [0.25, 0.3) is 5.69 Å². The first kappa shape index (κ1) is 17.1.